The highest BCUT2D eigenvalue weighted by molar-refractivity contribution is 6.44. The molecule has 0 aliphatic heterocycles. The Morgan fingerprint density at radius 2 is 1.74 bits per heavy atom. The number of benzene rings is 1. The Morgan fingerprint density at radius 1 is 1.11 bits per heavy atom. The summed E-state index contributed by atoms with van der Waals surface area (Å²) in [6.07, 6.45) is 4.75. The quantitative estimate of drug-likeness (QED) is 0.819. The first kappa shape index (κ1) is 14.9. The SMILES string of the molecule is O=C(CNC1CCCC1)Nc1cc(Cl)c(Cl)cc1Cl. The molecule has 1 aromatic rings. The summed E-state index contributed by atoms with van der Waals surface area (Å²) in [5.74, 6) is -0.132. The molecule has 0 radical (unpaired) electrons. The van der Waals surface area contributed by atoms with Crippen molar-refractivity contribution in [3.05, 3.63) is 27.2 Å². The smallest absolute Gasteiger partial charge is 0.238 e. The lowest BCUT2D eigenvalue weighted by atomic mass is 10.2. The van der Waals surface area contributed by atoms with Gasteiger partial charge in [-0.1, -0.05) is 47.6 Å². The summed E-state index contributed by atoms with van der Waals surface area (Å²) in [6, 6.07) is 3.53. The summed E-state index contributed by atoms with van der Waals surface area (Å²) in [6.45, 7) is 0.279. The predicted octanol–water partition coefficient (Wildman–Crippen LogP) is 4.12. The molecule has 1 aliphatic rings. The first-order valence-corrected chi connectivity index (χ1v) is 7.37. The highest BCUT2D eigenvalue weighted by Crippen LogP contribution is 2.32. The van der Waals surface area contributed by atoms with Gasteiger partial charge in [0.1, 0.15) is 0 Å². The van der Waals surface area contributed by atoms with Gasteiger partial charge in [0, 0.05) is 6.04 Å². The molecule has 1 fully saturated rings. The molecule has 104 valence electrons. The highest BCUT2D eigenvalue weighted by atomic mass is 35.5. The minimum absolute atomic E-state index is 0.132. The fourth-order valence-electron chi connectivity index (χ4n) is 2.18. The minimum Gasteiger partial charge on any atom is -0.324 e. The van der Waals surface area contributed by atoms with Crippen molar-refractivity contribution >= 4 is 46.4 Å². The van der Waals surface area contributed by atoms with Gasteiger partial charge in [-0.25, -0.2) is 0 Å². The monoisotopic (exact) mass is 320 g/mol. The fourth-order valence-corrected chi connectivity index (χ4v) is 2.77. The summed E-state index contributed by atoms with van der Waals surface area (Å²) < 4.78 is 0. The van der Waals surface area contributed by atoms with Crippen LogP contribution >= 0.6 is 34.8 Å². The van der Waals surface area contributed by atoms with Crippen LogP contribution in [0.4, 0.5) is 5.69 Å². The van der Waals surface area contributed by atoms with Crippen molar-refractivity contribution in [2.24, 2.45) is 0 Å². The molecule has 0 heterocycles. The van der Waals surface area contributed by atoms with Crippen LogP contribution in [-0.2, 0) is 4.79 Å². The van der Waals surface area contributed by atoms with Crippen molar-refractivity contribution in [3.63, 3.8) is 0 Å². The van der Waals surface area contributed by atoms with Crippen LogP contribution in [0.3, 0.4) is 0 Å². The van der Waals surface area contributed by atoms with Crippen LogP contribution in [0, 0.1) is 0 Å². The van der Waals surface area contributed by atoms with E-state index < -0.39 is 0 Å². The third-order valence-corrected chi connectivity index (χ3v) is 4.23. The first-order valence-electron chi connectivity index (χ1n) is 6.24. The molecule has 2 rings (SSSR count). The van der Waals surface area contributed by atoms with Gasteiger partial charge in [-0.15, -0.1) is 0 Å². The van der Waals surface area contributed by atoms with Crippen molar-refractivity contribution in [1.82, 2.24) is 5.32 Å². The summed E-state index contributed by atoms with van der Waals surface area (Å²) >= 11 is 17.7. The zero-order valence-electron chi connectivity index (χ0n) is 10.3. The molecule has 0 atom stereocenters. The van der Waals surface area contributed by atoms with E-state index in [0.29, 0.717) is 26.8 Å². The van der Waals surface area contributed by atoms with Gasteiger partial charge in [-0.05, 0) is 25.0 Å². The van der Waals surface area contributed by atoms with Crippen LogP contribution in [0.15, 0.2) is 12.1 Å². The average Bonchev–Trinajstić information content (AvgIpc) is 2.86. The Balaban J connectivity index is 1.89. The summed E-state index contributed by atoms with van der Waals surface area (Å²) in [4.78, 5) is 11.8. The first-order chi connectivity index (χ1) is 9.06. The van der Waals surface area contributed by atoms with Gasteiger partial charge >= 0.3 is 0 Å². The lowest BCUT2D eigenvalue weighted by molar-refractivity contribution is -0.115. The Kier molecular flexibility index (Phi) is 5.34. The topological polar surface area (TPSA) is 41.1 Å². The van der Waals surface area contributed by atoms with E-state index in [1.807, 2.05) is 0 Å². The maximum atomic E-state index is 11.8. The van der Waals surface area contributed by atoms with Crippen LogP contribution in [-0.4, -0.2) is 18.5 Å². The predicted molar refractivity (Wildman–Crippen MR) is 80.4 cm³/mol. The van der Waals surface area contributed by atoms with E-state index in [9.17, 15) is 4.79 Å². The molecule has 0 unspecified atom stereocenters. The molecule has 0 spiro atoms. The molecule has 0 aromatic heterocycles. The molecule has 1 aliphatic carbocycles. The number of carbonyl (C=O) groups excluding carboxylic acids is 1. The van der Waals surface area contributed by atoms with Crippen molar-refractivity contribution < 1.29 is 4.79 Å². The zero-order chi connectivity index (χ0) is 13.8. The second-order valence-corrected chi connectivity index (χ2v) is 5.88. The van der Waals surface area contributed by atoms with E-state index in [0.717, 1.165) is 12.8 Å². The normalized spacial score (nSPS) is 15.7. The molecule has 2 N–H and O–H groups in total. The number of anilines is 1. The number of hydrogen-bond donors (Lipinski definition) is 2. The molecule has 3 nitrogen and oxygen atoms in total. The average molecular weight is 322 g/mol. The van der Waals surface area contributed by atoms with Crippen LogP contribution in [0.5, 0.6) is 0 Å². The molecule has 1 saturated carbocycles. The number of rotatable bonds is 4. The number of halogens is 3. The summed E-state index contributed by atoms with van der Waals surface area (Å²) in [5.41, 5.74) is 0.481. The number of nitrogens with one attached hydrogen (secondary N) is 2. The van der Waals surface area contributed by atoms with E-state index in [1.165, 1.54) is 18.9 Å². The molecule has 1 aromatic carbocycles. The maximum Gasteiger partial charge on any atom is 0.238 e. The van der Waals surface area contributed by atoms with Crippen LogP contribution in [0.25, 0.3) is 0 Å². The fraction of sp³-hybridized carbons (Fsp3) is 0.462. The summed E-state index contributed by atoms with van der Waals surface area (Å²) in [7, 11) is 0. The minimum atomic E-state index is -0.132. The lowest BCUT2D eigenvalue weighted by Gasteiger charge is -2.12. The Bertz CT molecular complexity index is 473. The molecule has 6 heteroatoms. The number of hydrogen-bond acceptors (Lipinski definition) is 2. The lowest BCUT2D eigenvalue weighted by Crippen LogP contribution is -2.34. The zero-order valence-corrected chi connectivity index (χ0v) is 12.6. The van der Waals surface area contributed by atoms with Gasteiger partial charge in [0.05, 0.1) is 27.3 Å². The largest absolute Gasteiger partial charge is 0.324 e. The van der Waals surface area contributed by atoms with Gasteiger partial charge in [0.25, 0.3) is 0 Å². The van der Waals surface area contributed by atoms with Crippen molar-refractivity contribution in [2.75, 3.05) is 11.9 Å². The second kappa shape index (κ2) is 6.80. The standard InChI is InChI=1S/C13H15Cl3N2O/c14-9-5-11(16)12(6-10(9)15)18-13(19)7-17-8-3-1-2-4-8/h5-6,8,17H,1-4,7H2,(H,18,19). The van der Waals surface area contributed by atoms with E-state index >= 15 is 0 Å². The van der Waals surface area contributed by atoms with Crippen LogP contribution < -0.4 is 10.6 Å². The third kappa shape index (κ3) is 4.25. The molecule has 1 amide bonds. The van der Waals surface area contributed by atoms with Gasteiger partial charge in [-0.3, -0.25) is 4.79 Å². The van der Waals surface area contributed by atoms with Crippen molar-refractivity contribution in [2.45, 2.75) is 31.7 Å². The van der Waals surface area contributed by atoms with Gasteiger partial charge < -0.3 is 10.6 Å². The van der Waals surface area contributed by atoms with E-state index in [1.54, 1.807) is 6.07 Å². The second-order valence-electron chi connectivity index (χ2n) is 4.66. The maximum absolute atomic E-state index is 11.8. The van der Waals surface area contributed by atoms with Gasteiger partial charge in [0.2, 0.25) is 5.91 Å². The Labute approximate surface area is 127 Å². The van der Waals surface area contributed by atoms with Crippen molar-refractivity contribution in [1.29, 1.82) is 0 Å². The van der Waals surface area contributed by atoms with Crippen LogP contribution in [0.1, 0.15) is 25.7 Å². The Morgan fingerprint density at radius 3 is 2.42 bits per heavy atom. The summed E-state index contributed by atoms with van der Waals surface area (Å²) in [5, 5.41) is 7.07. The molecule has 0 bridgehead atoms. The molecule has 19 heavy (non-hydrogen) atoms. The van der Waals surface area contributed by atoms with Gasteiger partial charge in [0.15, 0.2) is 0 Å². The molecular formula is C13H15Cl3N2O. The number of amides is 1. The van der Waals surface area contributed by atoms with Crippen LogP contribution in [0.2, 0.25) is 15.1 Å². The number of carbonyl (C=O) groups is 1. The van der Waals surface area contributed by atoms with E-state index in [2.05, 4.69) is 10.6 Å². The van der Waals surface area contributed by atoms with Gasteiger partial charge in [-0.2, -0.15) is 0 Å². The Hall–Kier alpha value is -0.480. The molecular weight excluding hydrogens is 307 g/mol. The molecule has 0 saturated heterocycles. The highest BCUT2D eigenvalue weighted by Gasteiger charge is 2.16. The van der Waals surface area contributed by atoms with E-state index in [-0.39, 0.29) is 12.5 Å². The third-order valence-electron chi connectivity index (χ3n) is 3.19. The van der Waals surface area contributed by atoms with E-state index in [4.69, 9.17) is 34.8 Å². The van der Waals surface area contributed by atoms with Crippen molar-refractivity contribution in [3.8, 4) is 0 Å².